The highest BCUT2D eigenvalue weighted by Crippen LogP contribution is 2.13. The van der Waals surface area contributed by atoms with E-state index in [-0.39, 0.29) is 0 Å². The minimum Gasteiger partial charge on any atom is -0.381 e. The molecule has 16 heavy (non-hydrogen) atoms. The summed E-state index contributed by atoms with van der Waals surface area (Å²) < 4.78 is 1.87. The lowest BCUT2D eigenvalue weighted by Crippen LogP contribution is -2.07. The second-order valence-electron chi connectivity index (χ2n) is 3.86. The SMILES string of the molecule is CCc1c(N)nnn1Cc1ccccc1C. The van der Waals surface area contributed by atoms with E-state index in [1.54, 1.807) is 0 Å². The molecule has 0 aliphatic heterocycles. The number of hydrogen-bond acceptors (Lipinski definition) is 3. The first kappa shape index (κ1) is 10.7. The molecule has 1 heterocycles. The molecule has 4 nitrogen and oxygen atoms in total. The Balaban J connectivity index is 2.31. The Kier molecular flexibility index (Phi) is 2.90. The monoisotopic (exact) mass is 216 g/mol. The molecule has 1 aromatic heterocycles. The van der Waals surface area contributed by atoms with Crippen LogP contribution in [-0.2, 0) is 13.0 Å². The summed E-state index contributed by atoms with van der Waals surface area (Å²) in [5.74, 6) is 0.538. The molecule has 0 radical (unpaired) electrons. The van der Waals surface area contributed by atoms with Crippen LogP contribution in [0.2, 0.25) is 0 Å². The molecule has 0 bridgehead atoms. The number of anilines is 1. The third-order valence-electron chi connectivity index (χ3n) is 2.78. The van der Waals surface area contributed by atoms with E-state index in [4.69, 9.17) is 5.73 Å². The fourth-order valence-corrected chi connectivity index (χ4v) is 1.79. The van der Waals surface area contributed by atoms with Crippen LogP contribution in [0.4, 0.5) is 5.82 Å². The molecule has 84 valence electrons. The van der Waals surface area contributed by atoms with E-state index >= 15 is 0 Å². The smallest absolute Gasteiger partial charge is 0.169 e. The maximum absolute atomic E-state index is 5.75. The molecule has 0 aliphatic carbocycles. The van der Waals surface area contributed by atoms with Crippen molar-refractivity contribution in [3.63, 3.8) is 0 Å². The van der Waals surface area contributed by atoms with E-state index < -0.39 is 0 Å². The molecule has 0 atom stereocenters. The van der Waals surface area contributed by atoms with Crippen LogP contribution in [0.1, 0.15) is 23.7 Å². The Hall–Kier alpha value is -1.84. The van der Waals surface area contributed by atoms with Crippen molar-refractivity contribution in [2.45, 2.75) is 26.8 Å². The topological polar surface area (TPSA) is 56.7 Å². The molecule has 4 heteroatoms. The maximum Gasteiger partial charge on any atom is 0.169 e. The molecular weight excluding hydrogens is 200 g/mol. The van der Waals surface area contributed by atoms with Gasteiger partial charge in [0, 0.05) is 0 Å². The lowest BCUT2D eigenvalue weighted by molar-refractivity contribution is 0.620. The van der Waals surface area contributed by atoms with E-state index in [0.29, 0.717) is 5.82 Å². The maximum atomic E-state index is 5.75. The van der Waals surface area contributed by atoms with Gasteiger partial charge < -0.3 is 5.73 Å². The first-order chi connectivity index (χ1) is 7.72. The molecule has 2 rings (SSSR count). The highest BCUT2D eigenvalue weighted by atomic mass is 15.4. The largest absolute Gasteiger partial charge is 0.381 e. The molecule has 0 fully saturated rings. The molecule has 0 unspecified atom stereocenters. The van der Waals surface area contributed by atoms with Crippen LogP contribution in [0, 0.1) is 6.92 Å². The van der Waals surface area contributed by atoms with Gasteiger partial charge in [0.15, 0.2) is 5.82 Å². The molecule has 2 N–H and O–H groups in total. The number of rotatable bonds is 3. The van der Waals surface area contributed by atoms with E-state index in [1.807, 2.05) is 16.8 Å². The number of nitrogens with zero attached hydrogens (tertiary/aromatic N) is 3. The first-order valence-corrected chi connectivity index (χ1v) is 5.44. The van der Waals surface area contributed by atoms with Crippen molar-refractivity contribution in [3.05, 3.63) is 41.1 Å². The van der Waals surface area contributed by atoms with Crippen LogP contribution in [-0.4, -0.2) is 15.0 Å². The van der Waals surface area contributed by atoms with Crippen molar-refractivity contribution in [1.29, 1.82) is 0 Å². The predicted molar refractivity (Wildman–Crippen MR) is 64.1 cm³/mol. The van der Waals surface area contributed by atoms with Crippen LogP contribution < -0.4 is 5.73 Å². The minimum atomic E-state index is 0.538. The summed E-state index contributed by atoms with van der Waals surface area (Å²) in [5, 5.41) is 7.97. The van der Waals surface area contributed by atoms with Gasteiger partial charge in [-0.05, 0) is 24.5 Å². The summed E-state index contributed by atoms with van der Waals surface area (Å²) >= 11 is 0. The highest BCUT2D eigenvalue weighted by Gasteiger charge is 2.08. The third-order valence-corrected chi connectivity index (χ3v) is 2.78. The summed E-state index contributed by atoms with van der Waals surface area (Å²) in [6.07, 6.45) is 0.852. The normalized spacial score (nSPS) is 10.6. The van der Waals surface area contributed by atoms with Crippen molar-refractivity contribution < 1.29 is 0 Å². The lowest BCUT2D eigenvalue weighted by atomic mass is 10.1. The van der Waals surface area contributed by atoms with Crippen LogP contribution in [0.5, 0.6) is 0 Å². The number of hydrogen-bond donors (Lipinski definition) is 1. The van der Waals surface area contributed by atoms with E-state index in [1.165, 1.54) is 11.1 Å². The van der Waals surface area contributed by atoms with Gasteiger partial charge in [-0.1, -0.05) is 36.4 Å². The van der Waals surface area contributed by atoms with Gasteiger partial charge in [-0.3, -0.25) is 0 Å². The number of nitrogens with two attached hydrogens (primary N) is 1. The third kappa shape index (κ3) is 1.91. The number of aryl methyl sites for hydroxylation is 1. The van der Waals surface area contributed by atoms with Crippen molar-refractivity contribution in [2.75, 3.05) is 5.73 Å². The van der Waals surface area contributed by atoms with Crippen molar-refractivity contribution in [3.8, 4) is 0 Å². The summed E-state index contributed by atoms with van der Waals surface area (Å²) in [6, 6.07) is 8.28. The molecule has 1 aromatic carbocycles. The Morgan fingerprint density at radius 2 is 2.06 bits per heavy atom. The summed E-state index contributed by atoms with van der Waals surface area (Å²) in [7, 11) is 0. The van der Waals surface area contributed by atoms with Crippen molar-refractivity contribution in [1.82, 2.24) is 15.0 Å². The van der Waals surface area contributed by atoms with Crippen molar-refractivity contribution >= 4 is 5.82 Å². The standard InChI is InChI=1S/C12H16N4/c1-3-11-12(13)14-15-16(11)8-10-7-5-4-6-9(10)2/h4-7H,3,8,13H2,1-2H3. The predicted octanol–water partition coefficient (Wildman–Crippen LogP) is 1.78. The van der Waals surface area contributed by atoms with Crippen LogP contribution in [0.15, 0.2) is 24.3 Å². The Morgan fingerprint density at radius 3 is 2.75 bits per heavy atom. The zero-order valence-corrected chi connectivity index (χ0v) is 9.64. The number of nitrogen functional groups attached to an aromatic ring is 1. The van der Waals surface area contributed by atoms with Gasteiger partial charge >= 0.3 is 0 Å². The molecule has 0 aliphatic rings. The van der Waals surface area contributed by atoms with E-state index in [0.717, 1.165) is 18.7 Å². The number of aromatic nitrogens is 3. The average molecular weight is 216 g/mol. The fraction of sp³-hybridized carbons (Fsp3) is 0.333. The van der Waals surface area contributed by atoms with Gasteiger partial charge in [0.05, 0.1) is 12.2 Å². The number of benzene rings is 1. The van der Waals surface area contributed by atoms with Gasteiger partial charge in [-0.15, -0.1) is 5.10 Å². The average Bonchev–Trinajstić information content (AvgIpc) is 2.63. The summed E-state index contributed by atoms with van der Waals surface area (Å²) in [5.41, 5.74) is 9.27. The van der Waals surface area contributed by atoms with Gasteiger partial charge in [0.1, 0.15) is 0 Å². The van der Waals surface area contributed by atoms with Crippen LogP contribution in [0.25, 0.3) is 0 Å². The molecule has 0 saturated heterocycles. The van der Waals surface area contributed by atoms with E-state index in [9.17, 15) is 0 Å². The zero-order chi connectivity index (χ0) is 11.5. The van der Waals surface area contributed by atoms with Gasteiger partial charge in [0.25, 0.3) is 0 Å². The minimum absolute atomic E-state index is 0.538. The second kappa shape index (κ2) is 4.35. The Bertz CT molecular complexity index is 488. The molecule has 0 saturated carbocycles. The first-order valence-electron chi connectivity index (χ1n) is 5.44. The molecular formula is C12H16N4. The fourth-order valence-electron chi connectivity index (χ4n) is 1.79. The van der Waals surface area contributed by atoms with Crippen molar-refractivity contribution in [2.24, 2.45) is 0 Å². The summed E-state index contributed by atoms with van der Waals surface area (Å²) in [4.78, 5) is 0. The summed E-state index contributed by atoms with van der Waals surface area (Å²) in [6.45, 7) is 4.89. The highest BCUT2D eigenvalue weighted by molar-refractivity contribution is 5.34. The Labute approximate surface area is 95.1 Å². The van der Waals surface area contributed by atoms with Crippen LogP contribution in [0.3, 0.4) is 0 Å². The quantitative estimate of drug-likeness (QED) is 0.850. The zero-order valence-electron chi connectivity index (χ0n) is 9.64. The lowest BCUT2D eigenvalue weighted by Gasteiger charge is -2.07. The Morgan fingerprint density at radius 1 is 1.31 bits per heavy atom. The molecule has 0 spiro atoms. The van der Waals surface area contributed by atoms with Gasteiger partial charge in [0.2, 0.25) is 0 Å². The van der Waals surface area contributed by atoms with Gasteiger partial charge in [-0.25, -0.2) is 4.68 Å². The van der Waals surface area contributed by atoms with Gasteiger partial charge in [-0.2, -0.15) is 0 Å². The molecule has 2 aromatic rings. The van der Waals surface area contributed by atoms with Crippen LogP contribution >= 0.6 is 0 Å². The molecule has 0 amide bonds. The second-order valence-corrected chi connectivity index (χ2v) is 3.86. The van der Waals surface area contributed by atoms with E-state index in [2.05, 4.69) is 36.3 Å².